The third kappa shape index (κ3) is 5.56. The number of nitrogens with one attached hydrogen (secondary N) is 1. The van der Waals surface area contributed by atoms with E-state index in [0.29, 0.717) is 48.7 Å². The molecule has 3 fully saturated rings. The zero-order valence-electron chi connectivity index (χ0n) is 24.7. The number of nitrogens with zero attached hydrogens (tertiary/aromatic N) is 5. The molecule has 6 rings (SSSR count). The number of benzene rings is 1. The van der Waals surface area contributed by atoms with Gasteiger partial charge >= 0.3 is 0 Å². The van der Waals surface area contributed by atoms with E-state index in [2.05, 4.69) is 25.7 Å². The molecule has 1 N–H and O–H groups in total. The Labute approximate surface area is 246 Å². The third-order valence-electron chi connectivity index (χ3n) is 8.11. The van der Waals surface area contributed by atoms with Crippen molar-refractivity contribution in [3.8, 4) is 11.6 Å². The lowest BCUT2D eigenvalue weighted by Crippen LogP contribution is -2.37. The van der Waals surface area contributed by atoms with Crippen LogP contribution in [0.5, 0.6) is 11.6 Å². The highest BCUT2D eigenvalue weighted by atomic mass is 35.5. The molecule has 0 radical (unpaired) electrons. The maximum absolute atomic E-state index is 13.9. The number of rotatable bonds is 9. The molecule has 3 heterocycles. The molecule has 41 heavy (non-hydrogen) atoms. The first-order valence-electron chi connectivity index (χ1n) is 14.5. The second-order valence-corrected chi connectivity index (χ2v) is 12.2. The lowest BCUT2D eigenvalue weighted by Gasteiger charge is -2.33. The van der Waals surface area contributed by atoms with E-state index >= 15 is 0 Å². The van der Waals surface area contributed by atoms with Crippen LogP contribution in [-0.4, -0.2) is 65.2 Å². The molecule has 2 aromatic heterocycles. The Kier molecular flexibility index (Phi) is 8.09. The predicted octanol–water partition coefficient (Wildman–Crippen LogP) is 4.61. The number of ketones is 1. The van der Waals surface area contributed by atoms with E-state index in [1.54, 1.807) is 11.6 Å². The van der Waals surface area contributed by atoms with Gasteiger partial charge in [0.25, 0.3) is 0 Å². The van der Waals surface area contributed by atoms with E-state index in [1.165, 1.54) is 10.2 Å². The first-order valence-corrected chi connectivity index (χ1v) is 14.5. The highest BCUT2D eigenvalue weighted by Gasteiger charge is 2.39. The van der Waals surface area contributed by atoms with Crippen LogP contribution < -0.4 is 20.0 Å². The molecule has 0 bridgehead atoms. The molecule has 2 saturated carbocycles. The largest absolute Gasteiger partial charge is 0.494 e. The van der Waals surface area contributed by atoms with Gasteiger partial charge in [-0.15, -0.1) is 22.6 Å². The Morgan fingerprint density at radius 1 is 1.07 bits per heavy atom. The highest BCUT2D eigenvalue weighted by Crippen LogP contribution is 2.52. The number of morpholine rings is 1. The molecule has 0 atom stereocenters. The molecule has 1 aromatic carbocycles. The molecule has 0 unspecified atom stereocenters. The van der Waals surface area contributed by atoms with Gasteiger partial charge in [-0.3, -0.25) is 10.2 Å². The highest BCUT2D eigenvalue weighted by molar-refractivity contribution is 5.98. The van der Waals surface area contributed by atoms with Crippen molar-refractivity contribution in [3.63, 3.8) is 0 Å². The van der Waals surface area contributed by atoms with E-state index in [4.69, 9.17) is 29.8 Å². The first kappa shape index (κ1) is 29.4. The molecule has 2 aliphatic carbocycles. The van der Waals surface area contributed by atoms with Crippen LogP contribution in [0.2, 0.25) is 0 Å². The van der Waals surface area contributed by atoms with Crippen LogP contribution in [0.25, 0.3) is 5.65 Å². The number of methoxy groups -OCH3 is 1. The van der Waals surface area contributed by atoms with Crippen LogP contribution in [0.4, 0.5) is 5.69 Å². The van der Waals surface area contributed by atoms with Crippen molar-refractivity contribution < 1.29 is 19.0 Å². The van der Waals surface area contributed by atoms with Crippen LogP contribution in [0.3, 0.4) is 0 Å². The van der Waals surface area contributed by atoms with Crippen LogP contribution in [-0.2, 0) is 16.7 Å². The second kappa shape index (κ2) is 11.3. The Balaban J connectivity index is 0.00000337. The molecule has 1 aliphatic heterocycles. The Morgan fingerprint density at radius 2 is 1.73 bits per heavy atom. The van der Waals surface area contributed by atoms with E-state index in [0.717, 1.165) is 61.3 Å². The Hall–Kier alpha value is -3.11. The summed E-state index contributed by atoms with van der Waals surface area (Å²) in [6, 6.07) is 3.87. The van der Waals surface area contributed by atoms with Crippen LogP contribution in [0.1, 0.15) is 92.3 Å². The van der Waals surface area contributed by atoms with Crippen molar-refractivity contribution in [2.24, 2.45) is 0 Å². The average molecular weight is 585 g/mol. The van der Waals surface area contributed by atoms with Crippen LogP contribution in [0, 0.1) is 5.41 Å². The summed E-state index contributed by atoms with van der Waals surface area (Å²) in [4.78, 5) is 16.1. The first-order chi connectivity index (χ1) is 19.2. The maximum atomic E-state index is 13.9. The van der Waals surface area contributed by atoms with Gasteiger partial charge in [0.2, 0.25) is 11.5 Å². The smallest absolute Gasteiger partial charge is 0.242 e. The van der Waals surface area contributed by atoms with E-state index in [-0.39, 0.29) is 35.8 Å². The van der Waals surface area contributed by atoms with E-state index in [1.807, 2.05) is 19.1 Å². The van der Waals surface area contributed by atoms with Crippen molar-refractivity contribution >= 4 is 29.5 Å². The summed E-state index contributed by atoms with van der Waals surface area (Å²) in [6.07, 6.45) is 4.47. The molecule has 1 saturated heterocycles. The minimum Gasteiger partial charge on any atom is -0.494 e. The number of aromatic nitrogens is 4. The number of ether oxygens (including phenoxy) is 3. The number of carbonyl (C=O) groups is 1. The fourth-order valence-electron chi connectivity index (χ4n) is 5.76. The second-order valence-electron chi connectivity index (χ2n) is 12.2. The van der Waals surface area contributed by atoms with Gasteiger partial charge in [-0.2, -0.15) is 4.52 Å². The zero-order chi connectivity index (χ0) is 28.2. The number of carbonyl (C=O) groups excluding carboxylic acids is 1. The van der Waals surface area contributed by atoms with Crippen LogP contribution in [0.15, 0.2) is 12.1 Å². The minimum atomic E-state index is -0.239. The summed E-state index contributed by atoms with van der Waals surface area (Å²) < 4.78 is 20.5. The molecule has 3 aliphatic rings. The monoisotopic (exact) mass is 584 g/mol. The summed E-state index contributed by atoms with van der Waals surface area (Å²) >= 11 is 0. The van der Waals surface area contributed by atoms with Gasteiger partial charge in [-0.05, 0) is 62.0 Å². The van der Waals surface area contributed by atoms with E-state index < -0.39 is 0 Å². The van der Waals surface area contributed by atoms with Crippen molar-refractivity contribution in [1.82, 2.24) is 19.4 Å². The van der Waals surface area contributed by atoms with Crippen LogP contribution >= 0.6 is 12.4 Å². The van der Waals surface area contributed by atoms with Gasteiger partial charge in [0.05, 0.1) is 32.6 Å². The Bertz CT molecular complexity index is 1510. The molecule has 11 heteroatoms. The molecule has 10 nitrogen and oxygen atoms in total. The summed E-state index contributed by atoms with van der Waals surface area (Å²) in [5.74, 6) is 2.17. The van der Waals surface area contributed by atoms with E-state index in [9.17, 15) is 4.79 Å². The zero-order valence-corrected chi connectivity index (χ0v) is 25.5. The van der Waals surface area contributed by atoms with Gasteiger partial charge < -0.3 is 19.1 Å². The lowest BCUT2D eigenvalue weighted by molar-refractivity contribution is 0.0965. The topological polar surface area (TPSA) is 107 Å². The number of Topliss-reactive ketones (excluding diaryl/α,β-unsaturated/α-hetero) is 1. The third-order valence-corrected chi connectivity index (χ3v) is 8.11. The standard InChI is InChI=1S/C30H40N6O4.ClH/c1-6-40-28-25(19-9-10-19)24(18-7-8-18)27-32-35(29(31)36(27)33-28)17-23(37)20-15-21(30(2,3)4)26(38-5)22(16-20)34-11-13-39-14-12-34;/h15-16,18-19,31H,6-14,17H2,1-5H3;1H. The summed E-state index contributed by atoms with van der Waals surface area (Å²) in [7, 11) is 1.69. The predicted molar refractivity (Wildman–Crippen MR) is 158 cm³/mol. The molecule has 3 aromatic rings. The number of halogens is 1. The number of anilines is 1. The van der Waals surface area contributed by atoms with Crippen molar-refractivity contribution in [2.75, 3.05) is 44.9 Å². The quantitative estimate of drug-likeness (QED) is 0.366. The molecule has 222 valence electrons. The van der Waals surface area contributed by atoms with Gasteiger partial charge in [-0.25, -0.2) is 4.68 Å². The van der Waals surface area contributed by atoms with Crippen molar-refractivity contribution in [2.45, 2.75) is 77.2 Å². The maximum Gasteiger partial charge on any atom is 0.242 e. The fraction of sp³-hybridized carbons (Fsp3) is 0.600. The molecular weight excluding hydrogens is 544 g/mol. The van der Waals surface area contributed by atoms with Gasteiger partial charge in [0.15, 0.2) is 11.4 Å². The average Bonchev–Trinajstić information content (AvgIpc) is 3.86. The summed E-state index contributed by atoms with van der Waals surface area (Å²) in [5.41, 5.74) is 5.31. The number of hydrogen-bond donors (Lipinski definition) is 1. The SMILES string of the molecule is CCOc1nn2c(=N)n(CC(=O)c3cc(N4CCOCC4)c(OC)c(C(C)(C)C)c3)nc2c(C2CC2)c1C1CC1.Cl. The van der Waals surface area contributed by atoms with Gasteiger partial charge in [0.1, 0.15) is 12.3 Å². The Morgan fingerprint density at radius 3 is 2.32 bits per heavy atom. The minimum absolute atomic E-state index is 0. The number of fused-ring (bicyclic) bond motifs is 1. The van der Waals surface area contributed by atoms with Crippen molar-refractivity contribution in [1.29, 1.82) is 5.41 Å². The molecule has 0 amide bonds. The normalized spacial score (nSPS) is 17.4. The number of hydrogen-bond acceptors (Lipinski definition) is 8. The molecule has 0 spiro atoms. The summed E-state index contributed by atoms with van der Waals surface area (Å²) in [6.45, 7) is 11.5. The fourth-order valence-corrected chi connectivity index (χ4v) is 5.76. The van der Waals surface area contributed by atoms with Gasteiger partial charge in [-0.1, -0.05) is 20.8 Å². The molecular formula is C30H41ClN6O4. The van der Waals surface area contributed by atoms with Crippen molar-refractivity contribution in [3.05, 3.63) is 40.0 Å². The summed E-state index contributed by atoms with van der Waals surface area (Å²) in [5, 5.41) is 18.5. The van der Waals surface area contributed by atoms with Gasteiger partial charge in [0, 0.05) is 35.3 Å². The lowest BCUT2D eigenvalue weighted by atomic mass is 9.84.